The first-order valence-corrected chi connectivity index (χ1v) is 8.00. The predicted octanol–water partition coefficient (Wildman–Crippen LogP) is 2.52. The van der Waals surface area contributed by atoms with Gasteiger partial charge in [0.2, 0.25) is 5.91 Å². The zero-order valence-corrected chi connectivity index (χ0v) is 12.6. The highest BCUT2D eigenvalue weighted by Gasteiger charge is 2.19. The Bertz CT molecular complexity index is 455. The molecular weight excluding hydrogens is 275 g/mol. The van der Waals surface area contributed by atoms with Crippen molar-refractivity contribution < 1.29 is 9.18 Å². The number of amides is 1. The molecule has 0 spiro atoms. The lowest BCUT2D eigenvalue weighted by atomic mass is 10.1. The van der Waals surface area contributed by atoms with Crippen molar-refractivity contribution in [1.82, 2.24) is 10.2 Å². The molecule has 1 N–H and O–H groups in total. The summed E-state index contributed by atoms with van der Waals surface area (Å²) in [6, 6.07) is 7.15. The minimum absolute atomic E-state index is 0.0394. The van der Waals surface area contributed by atoms with Crippen LogP contribution in [0.15, 0.2) is 29.2 Å². The number of halogens is 1. The third kappa shape index (κ3) is 4.80. The van der Waals surface area contributed by atoms with Crippen molar-refractivity contribution in [3.8, 4) is 0 Å². The summed E-state index contributed by atoms with van der Waals surface area (Å²) in [6.07, 6.45) is 2.16. The van der Waals surface area contributed by atoms with Crippen LogP contribution in [0.3, 0.4) is 0 Å². The molecule has 1 aromatic carbocycles. The number of nitrogens with zero attached hydrogens (tertiary/aromatic N) is 1. The van der Waals surface area contributed by atoms with Gasteiger partial charge in [0.1, 0.15) is 5.82 Å². The van der Waals surface area contributed by atoms with Gasteiger partial charge in [0.25, 0.3) is 0 Å². The van der Waals surface area contributed by atoms with E-state index in [0.29, 0.717) is 4.90 Å². The molecule has 0 saturated carbocycles. The first-order chi connectivity index (χ1) is 9.65. The Morgan fingerprint density at radius 1 is 1.50 bits per heavy atom. The quantitative estimate of drug-likeness (QED) is 0.848. The number of likely N-dealkylation sites (tertiary alicyclic amines) is 1. The van der Waals surface area contributed by atoms with Gasteiger partial charge in [0.15, 0.2) is 0 Å². The SMILES string of the molecule is CC(=O)NC1CCCN(CCSc2ccccc2F)C1. The number of hydrogen-bond donors (Lipinski definition) is 1. The maximum Gasteiger partial charge on any atom is 0.217 e. The Morgan fingerprint density at radius 3 is 3.05 bits per heavy atom. The van der Waals surface area contributed by atoms with E-state index < -0.39 is 0 Å². The van der Waals surface area contributed by atoms with Crippen LogP contribution in [0.4, 0.5) is 4.39 Å². The highest BCUT2D eigenvalue weighted by atomic mass is 32.2. The Hall–Kier alpha value is -1.07. The lowest BCUT2D eigenvalue weighted by Gasteiger charge is -2.32. The van der Waals surface area contributed by atoms with Crippen LogP contribution >= 0.6 is 11.8 Å². The zero-order chi connectivity index (χ0) is 14.4. The Balaban J connectivity index is 1.74. The topological polar surface area (TPSA) is 32.3 Å². The molecule has 20 heavy (non-hydrogen) atoms. The normalized spacial score (nSPS) is 19.8. The molecule has 0 radical (unpaired) electrons. The highest BCUT2D eigenvalue weighted by molar-refractivity contribution is 7.99. The van der Waals surface area contributed by atoms with E-state index in [1.807, 2.05) is 12.1 Å². The molecule has 1 saturated heterocycles. The molecule has 110 valence electrons. The molecule has 0 aliphatic carbocycles. The minimum atomic E-state index is -0.146. The van der Waals surface area contributed by atoms with Crippen molar-refractivity contribution in [2.75, 3.05) is 25.4 Å². The second-order valence-corrected chi connectivity index (χ2v) is 6.26. The standard InChI is InChI=1S/C15H21FN2OS/c1-12(19)17-13-5-4-8-18(11-13)9-10-20-15-7-3-2-6-14(15)16/h2-3,6-7,13H,4-5,8-11H2,1H3,(H,17,19). The van der Waals surface area contributed by atoms with Gasteiger partial charge in [-0.2, -0.15) is 0 Å². The fourth-order valence-corrected chi connectivity index (χ4v) is 3.46. The van der Waals surface area contributed by atoms with Crippen molar-refractivity contribution in [3.63, 3.8) is 0 Å². The Labute approximate surface area is 123 Å². The van der Waals surface area contributed by atoms with E-state index >= 15 is 0 Å². The van der Waals surface area contributed by atoms with Gasteiger partial charge in [-0.25, -0.2) is 4.39 Å². The number of nitrogens with one attached hydrogen (secondary N) is 1. The van der Waals surface area contributed by atoms with Crippen LogP contribution in [0, 0.1) is 5.82 Å². The highest BCUT2D eigenvalue weighted by Crippen LogP contribution is 2.21. The Morgan fingerprint density at radius 2 is 2.30 bits per heavy atom. The van der Waals surface area contributed by atoms with Crippen LogP contribution in [0.1, 0.15) is 19.8 Å². The predicted molar refractivity (Wildman–Crippen MR) is 80.4 cm³/mol. The molecule has 1 heterocycles. The second kappa shape index (κ2) is 7.64. The first kappa shape index (κ1) is 15.3. The zero-order valence-electron chi connectivity index (χ0n) is 11.8. The van der Waals surface area contributed by atoms with Gasteiger partial charge in [-0.15, -0.1) is 11.8 Å². The summed E-state index contributed by atoms with van der Waals surface area (Å²) in [5, 5.41) is 2.98. The monoisotopic (exact) mass is 296 g/mol. The van der Waals surface area contributed by atoms with Gasteiger partial charge < -0.3 is 10.2 Å². The van der Waals surface area contributed by atoms with E-state index in [4.69, 9.17) is 0 Å². The molecule has 1 aliphatic heterocycles. The van der Waals surface area contributed by atoms with E-state index in [-0.39, 0.29) is 17.8 Å². The molecule has 1 aromatic rings. The third-order valence-electron chi connectivity index (χ3n) is 3.41. The van der Waals surface area contributed by atoms with Gasteiger partial charge in [-0.3, -0.25) is 4.79 Å². The van der Waals surface area contributed by atoms with Crippen molar-refractivity contribution in [2.24, 2.45) is 0 Å². The molecule has 1 unspecified atom stereocenters. The number of thioether (sulfide) groups is 1. The van der Waals surface area contributed by atoms with E-state index in [1.54, 1.807) is 24.8 Å². The van der Waals surface area contributed by atoms with Crippen LogP contribution < -0.4 is 5.32 Å². The summed E-state index contributed by atoms with van der Waals surface area (Å²) >= 11 is 1.55. The maximum atomic E-state index is 13.5. The lowest BCUT2D eigenvalue weighted by molar-refractivity contribution is -0.120. The number of piperidine rings is 1. The first-order valence-electron chi connectivity index (χ1n) is 7.02. The van der Waals surface area contributed by atoms with E-state index in [0.717, 1.165) is 38.2 Å². The van der Waals surface area contributed by atoms with Crippen LogP contribution in [0.2, 0.25) is 0 Å². The number of rotatable bonds is 5. The van der Waals surface area contributed by atoms with Crippen molar-refractivity contribution >= 4 is 17.7 Å². The summed E-state index contributed by atoms with van der Waals surface area (Å²) in [6.45, 7) is 4.45. The summed E-state index contributed by atoms with van der Waals surface area (Å²) in [4.78, 5) is 14.1. The van der Waals surface area contributed by atoms with E-state index in [2.05, 4.69) is 10.2 Å². The van der Waals surface area contributed by atoms with Crippen LogP contribution in [-0.2, 0) is 4.79 Å². The molecule has 0 bridgehead atoms. The van der Waals surface area contributed by atoms with Gasteiger partial charge in [-0.05, 0) is 31.5 Å². The largest absolute Gasteiger partial charge is 0.352 e. The molecule has 1 fully saturated rings. The molecule has 1 amide bonds. The van der Waals surface area contributed by atoms with Crippen LogP contribution in [0.5, 0.6) is 0 Å². The lowest BCUT2D eigenvalue weighted by Crippen LogP contribution is -2.47. The molecule has 5 heteroatoms. The average molecular weight is 296 g/mol. The van der Waals surface area contributed by atoms with E-state index in [1.165, 1.54) is 6.07 Å². The fourth-order valence-electron chi connectivity index (χ4n) is 2.51. The van der Waals surface area contributed by atoms with Gasteiger partial charge in [0, 0.05) is 36.7 Å². The molecule has 0 aromatic heterocycles. The van der Waals surface area contributed by atoms with Crippen molar-refractivity contribution in [1.29, 1.82) is 0 Å². The Kier molecular flexibility index (Phi) is 5.86. The summed E-state index contributed by atoms with van der Waals surface area (Å²) in [7, 11) is 0. The van der Waals surface area contributed by atoms with Gasteiger partial charge in [0.05, 0.1) is 0 Å². The summed E-state index contributed by atoms with van der Waals surface area (Å²) < 4.78 is 13.5. The summed E-state index contributed by atoms with van der Waals surface area (Å²) in [5.41, 5.74) is 0. The molecule has 3 nitrogen and oxygen atoms in total. The molecular formula is C15H21FN2OS. The van der Waals surface area contributed by atoms with Gasteiger partial charge in [-0.1, -0.05) is 12.1 Å². The smallest absolute Gasteiger partial charge is 0.217 e. The number of hydrogen-bond acceptors (Lipinski definition) is 3. The number of carbonyl (C=O) groups excluding carboxylic acids is 1. The number of benzene rings is 1. The summed E-state index contributed by atoms with van der Waals surface area (Å²) in [5.74, 6) is 0.762. The number of carbonyl (C=O) groups is 1. The van der Waals surface area contributed by atoms with Gasteiger partial charge >= 0.3 is 0 Å². The third-order valence-corrected chi connectivity index (χ3v) is 4.44. The fraction of sp³-hybridized carbons (Fsp3) is 0.533. The second-order valence-electron chi connectivity index (χ2n) is 5.12. The van der Waals surface area contributed by atoms with Crippen molar-refractivity contribution in [2.45, 2.75) is 30.7 Å². The minimum Gasteiger partial charge on any atom is -0.352 e. The molecule has 2 rings (SSSR count). The van der Waals surface area contributed by atoms with Crippen LogP contribution in [0.25, 0.3) is 0 Å². The molecule has 1 aliphatic rings. The van der Waals surface area contributed by atoms with Crippen molar-refractivity contribution in [3.05, 3.63) is 30.1 Å². The maximum absolute atomic E-state index is 13.5. The average Bonchev–Trinajstić information content (AvgIpc) is 2.41. The van der Waals surface area contributed by atoms with Crippen LogP contribution in [-0.4, -0.2) is 42.2 Å². The van der Waals surface area contributed by atoms with E-state index in [9.17, 15) is 9.18 Å². The molecule has 1 atom stereocenters.